The van der Waals surface area contributed by atoms with Gasteiger partial charge < -0.3 is 18.8 Å². The van der Waals surface area contributed by atoms with E-state index in [2.05, 4.69) is 9.97 Å². The minimum atomic E-state index is -0.0881. The number of aryl methyl sites for hydroxylation is 2. The average Bonchev–Trinajstić information content (AvgIpc) is 3.17. The summed E-state index contributed by atoms with van der Waals surface area (Å²) in [6.07, 6.45) is 0. The smallest absolute Gasteiger partial charge is 0.264 e. The molecule has 0 aliphatic rings. The van der Waals surface area contributed by atoms with E-state index in [0.29, 0.717) is 28.0 Å². The van der Waals surface area contributed by atoms with E-state index in [9.17, 15) is 4.79 Å². The van der Waals surface area contributed by atoms with Gasteiger partial charge in [-0.2, -0.15) is 4.98 Å². The van der Waals surface area contributed by atoms with Gasteiger partial charge in [-0.3, -0.25) is 4.79 Å². The molecule has 3 heterocycles. The van der Waals surface area contributed by atoms with Gasteiger partial charge in [0.05, 0.1) is 23.9 Å². The molecule has 0 atom stereocenters. The molecular weight excluding hydrogens is 354 g/mol. The zero-order valence-electron chi connectivity index (χ0n) is 15.5. The quantitative estimate of drug-likeness (QED) is 0.658. The monoisotopic (exact) mass is 375 g/mol. The average molecular weight is 375 g/mol. The van der Waals surface area contributed by atoms with Crippen molar-refractivity contribution in [2.75, 3.05) is 21.3 Å². The molecule has 0 aliphatic carbocycles. The predicted octanol–water partition coefficient (Wildman–Crippen LogP) is 3.33. The van der Waals surface area contributed by atoms with Gasteiger partial charge in [0.2, 0.25) is 5.88 Å². The van der Waals surface area contributed by atoms with Crippen LogP contribution in [0.4, 0.5) is 0 Å². The molecule has 0 fully saturated rings. The van der Waals surface area contributed by atoms with Gasteiger partial charge in [0.25, 0.3) is 5.91 Å². The van der Waals surface area contributed by atoms with Gasteiger partial charge in [-0.15, -0.1) is 11.3 Å². The minimum Gasteiger partial charge on any atom is -0.480 e. The second-order valence-electron chi connectivity index (χ2n) is 5.99. The number of hydrogen-bond donors (Lipinski definition) is 0. The van der Waals surface area contributed by atoms with E-state index in [0.717, 1.165) is 22.5 Å². The summed E-state index contributed by atoms with van der Waals surface area (Å²) in [4.78, 5) is 24.8. The number of furan rings is 1. The van der Waals surface area contributed by atoms with E-state index in [1.54, 1.807) is 26.2 Å². The van der Waals surface area contributed by atoms with E-state index >= 15 is 0 Å². The van der Waals surface area contributed by atoms with Crippen LogP contribution in [0.15, 0.2) is 16.5 Å². The fourth-order valence-electron chi connectivity index (χ4n) is 2.74. The molecule has 0 aromatic carbocycles. The Bertz CT molecular complexity index is 947. The first-order valence-electron chi connectivity index (χ1n) is 8.08. The molecule has 0 aliphatic heterocycles. The van der Waals surface area contributed by atoms with Crippen molar-refractivity contribution in [3.63, 3.8) is 0 Å². The fourth-order valence-corrected chi connectivity index (χ4v) is 3.92. The number of fused-ring (bicyclic) bond motifs is 1. The van der Waals surface area contributed by atoms with Gasteiger partial charge in [-0.05, 0) is 31.5 Å². The predicted molar refractivity (Wildman–Crippen MR) is 98.7 cm³/mol. The van der Waals surface area contributed by atoms with Crippen molar-refractivity contribution in [3.05, 3.63) is 39.9 Å². The molecule has 138 valence electrons. The van der Waals surface area contributed by atoms with Gasteiger partial charge in [-0.25, -0.2) is 4.98 Å². The Hall–Kier alpha value is -2.45. The number of amides is 1. The number of nitrogens with zero attached hydrogens (tertiary/aromatic N) is 3. The van der Waals surface area contributed by atoms with Gasteiger partial charge in [0.15, 0.2) is 5.82 Å². The number of thiophene rings is 1. The third kappa shape index (κ3) is 3.42. The molecule has 3 aromatic rings. The topological polar surface area (TPSA) is 77.7 Å². The summed E-state index contributed by atoms with van der Waals surface area (Å²) in [5.74, 6) is 2.46. The van der Waals surface area contributed by atoms with Crippen LogP contribution in [0.2, 0.25) is 0 Å². The van der Waals surface area contributed by atoms with Crippen LogP contribution < -0.4 is 4.74 Å². The Morgan fingerprint density at radius 2 is 2.04 bits per heavy atom. The van der Waals surface area contributed by atoms with Crippen LogP contribution in [0.3, 0.4) is 0 Å². The third-order valence-corrected chi connectivity index (χ3v) is 5.17. The van der Waals surface area contributed by atoms with Crippen molar-refractivity contribution >= 4 is 27.5 Å². The van der Waals surface area contributed by atoms with Crippen LogP contribution in [0.1, 0.15) is 32.6 Å². The Morgan fingerprint density at radius 3 is 2.65 bits per heavy atom. The van der Waals surface area contributed by atoms with Crippen LogP contribution in [0.5, 0.6) is 5.88 Å². The van der Waals surface area contributed by atoms with Crippen LogP contribution in [0.25, 0.3) is 10.2 Å². The maximum Gasteiger partial charge on any atom is 0.264 e. The molecule has 3 rings (SSSR count). The summed E-state index contributed by atoms with van der Waals surface area (Å²) in [6.45, 7) is 4.45. The summed E-state index contributed by atoms with van der Waals surface area (Å²) in [7, 11) is 4.89. The fraction of sp³-hybridized carbons (Fsp3) is 0.389. The van der Waals surface area contributed by atoms with Gasteiger partial charge in [0.1, 0.15) is 23.0 Å². The highest BCUT2D eigenvalue weighted by molar-refractivity contribution is 7.20. The molecule has 8 heteroatoms. The first-order valence-corrected chi connectivity index (χ1v) is 8.90. The molecule has 0 bridgehead atoms. The normalized spacial score (nSPS) is 11.1. The van der Waals surface area contributed by atoms with Crippen molar-refractivity contribution < 1.29 is 18.7 Å². The van der Waals surface area contributed by atoms with Crippen molar-refractivity contribution in [2.45, 2.75) is 27.0 Å². The first-order chi connectivity index (χ1) is 12.4. The van der Waals surface area contributed by atoms with E-state index in [4.69, 9.17) is 13.9 Å². The number of hydrogen-bond acceptors (Lipinski definition) is 7. The Morgan fingerprint density at radius 1 is 1.27 bits per heavy atom. The molecule has 0 saturated carbocycles. The molecule has 0 radical (unpaired) electrons. The lowest BCUT2D eigenvalue weighted by Gasteiger charge is -2.15. The molecule has 0 saturated heterocycles. The van der Waals surface area contributed by atoms with Crippen molar-refractivity contribution in [2.24, 2.45) is 0 Å². The van der Waals surface area contributed by atoms with E-state index in [1.165, 1.54) is 11.3 Å². The summed E-state index contributed by atoms with van der Waals surface area (Å²) < 4.78 is 16.1. The van der Waals surface area contributed by atoms with Crippen molar-refractivity contribution in [3.8, 4) is 5.88 Å². The highest BCUT2D eigenvalue weighted by Gasteiger charge is 2.23. The second kappa shape index (κ2) is 7.43. The maximum absolute atomic E-state index is 12.9. The summed E-state index contributed by atoms with van der Waals surface area (Å²) in [5, 5.41) is 0.767. The minimum absolute atomic E-state index is 0.0881. The standard InChI is InChI=1S/C18H21N3O4S/c1-10-6-7-12(25-10)8-21(3)18(22)15-11(2)14-16(24-5)19-13(9-23-4)20-17(14)26-15/h6-7H,8-9H2,1-5H3. The van der Waals surface area contributed by atoms with Crippen molar-refractivity contribution in [1.29, 1.82) is 0 Å². The summed E-state index contributed by atoms with van der Waals surface area (Å²) in [5.41, 5.74) is 0.818. The zero-order valence-corrected chi connectivity index (χ0v) is 16.3. The first kappa shape index (κ1) is 18.3. The molecule has 26 heavy (non-hydrogen) atoms. The largest absolute Gasteiger partial charge is 0.480 e. The highest BCUT2D eigenvalue weighted by Crippen LogP contribution is 2.35. The highest BCUT2D eigenvalue weighted by atomic mass is 32.1. The molecule has 7 nitrogen and oxygen atoms in total. The van der Waals surface area contributed by atoms with Gasteiger partial charge >= 0.3 is 0 Å². The number of methoxy groups -OCH3 is 2. The molecule has 1 amide bonds. The molecule has 3 aromatic heterocycles. The van der Waals surface area contributed by atoms with Crippen LogP contribution in [-0.4, -0.2) is 42.0 Å². The number of aromatic nitrogens is 2. The number of carbonyl (C=O) groups excluding carboxylic acids is 1. The SMILES string of the molecule is COCc1nc(OC)c2c(C)c(C(=O)N(C)Cc3ccc(C)o3)sc2n1. The molecule has 0 spiro atoms. The van der Waals surface area contributed by atoms with E-state index in [1.807, 2.05) is 26.0 Å². The Balaban J connectivity index is 1.96. The van der Waals surface area contributed by atoms with Crippen molar-refractivity contribution in [1.82, 2.24) is 14.9 Å². The van der Waals surface area contributed by atoms with Gasteiger partial charge in [-0.1, -0.05) is 0 Å². The number of rotatable bonds is 6. The third-order valence-electron chi connectivity index (χ3n) is 4.00. The lowest BCUT2D eigenvalue weighted by Crippen LogP contribution is -2.25. The second-order valence-corrected chi connectivity index (χ2v) is 6.99. The Labute approximate surface area is 155 Å². The van der Waals surface area contributed by atoms with Crippen LogP contribution in [0, 0.1) is 13.8 Å². The summed E-state index contributed by atoms with van der Waals surface area (Å²) in [6, 6.07) is 3.76. The Kier molecular flexibility index (Phi) is 5.24. The molecule has 0 unspecified atom stereocenters. The number of ether oxygens (including phenoxy) is 2. The molecular formula is C18H21N3O4S. The van der Waals surface area contributed by atoms with Gasteiger partial charge in [0, 0.05) is 14.2 Å². The lowest BCUT2D eigenvalue weighted by atomic mass is 10.2. The molecule has 0 N–H and O–H groups in total. The number of carbonyl (C=O) groups is 1. The summed E-state index contributed by atoms with van der Waals surface area (Å²) >= 11 is 1.34. The van der Waals surface area contributed by atoms with Crippen LogP contribution >= 0.6 is 11.3 Å². The zero-order chi connectivity index (χ0) is 18.8. The van der Waals surface area contributed by atoms with Crippen LogP contribution in [-0.2, 0) is 17.9 Å². The lowest BCUT2D eigenvalue weighted by molar-refractivity contribution is 0.0779. The van der Waals surface area contributed by atoms with E-state index in [-0.39, 0.29) is 12.5 Å². The maximum atomic E-state index is 12.9. The van der Waals surface area contributed by atoms with E-state index < -0.39 is 0 Å².